The monoisotopic (exact) mass is 252 g/mol. The molecule has 0 atom stereocenters. The van der Waals surface area contributed by atoms with Crippen LogP contribution >= 0.6 is 0 Å². The lowest BCUT2D eigenvalue weighted by molar-refractivity contribution is 0.0910. The van der Waals surface area contributed by atoms with E-state index in [1.54, 1.807) is 7.11 Å². The lowest BCUT2D eigenvalue weighted by Gasteiger charge is -2.06. The minimum atomic E-state index is 0.576. The lowest BCUT2D eigenvalue weighted by atomic mass is 10.2. The fraction of sp³-hybridized carbons (Fsp3) is 0.643. The molecule has 102 valence electrons. The van der Waals surface area contributed by atoms with E-state index in [0.717, 1.165) is 44.8 Å². The number of rotatable bonds is 10. The van der Waals surface area contributed by atoms with Crippen LogP contribution in [-0.4, -0.2) is 31.9 Å². The quantitative estimate of drug-likeness (QED) is 0.648. The van der Waals surface area contributed by atoms with E-state index >= 15 is 0 Å². The summed E-state index contributed by atoms with van der Waals surface area (Å²) in [4.78, 5) is 4.38. The van der Waals surface area contributed by atoms with Crippen molar-refractivity contribution in [2.45, 2.75) is 32.9 Å². The molecule has 0 saturated carbocycles. The Bertz CT molecular complexity index is 301. The molecule has 1 rings (SSSR count). The van der Waals surface area contributed by atoms with E-state index in [1.165, 1.54) is 5.56 Å². The average molecular weight is 252 g/mol. The summed E-state index contributed by atoms with van der Waals surface area (Å²) in [5, 5.41) is 3.35. The summed E-state index contributed by atoms with van der Waals surface area (Å²) < 4.78 is 10.5. The molecule has 4 nitrogen and oxygen atoms in total. The van der Waals surface area contributed by atoms with Gasteiger partial charge in [0.1, 0.15) is 0 Å². The zero-order valence-corrected chi connectivity index (χ0v) is 11.4. The first-order valence-corrected chi connectivity index (χ1v) is 6.58. The van der Waals surface area contributed by atoms with Gasteiger partial charge in [0.25, 0.3) is 0 Å². The minimum absolute atomic E-state index is 0.576. The Hall–Kier alpha value is -0.970. The van der Waals surface area contributed by atoms with Gasteiger partial charge in [-0.1, -0.05) is 13.0 Å². The van der Waals surface area contributed by atoms with Gasteiger partial charge in [-0.2, -0.15) is 0 Å². The summed E-state index contributed by atoms with van der Waals surface area (Å²) in [5.41, 5.74) is 2.19. The Morgan fingerprint density at radius 1 is 1.28 bits per heavy atom. The summed E-state index contributed by atoms with van der Waals surface area (Å²) in [7, 11) is 1.70. The van der Waals surface area contributed by atoms with Crippen LogP contribution in [0.5, 0.6) is 0 Å². The van der Waals surface area contributed by atoms with Gasteiger partial charge in [0.15, 0.2) is 0 Å². The van der Waals surface area contributed by atoms with Crippen LogP contribution in [0.3, 0.4) is 0 Å². The van der Waals surface area contributed by atoms with Gasteiger partial charge in [0.05, 0.1) is 12.3 Å². The van der Waals surface area contributed by atoms with Crippen molar-refractivity contribution in [2.24, 2.45) is 0 Å². The Balaban J connectivity index is 2.19. The topological polar surface area (TPSA) is 43.4 Å². The van der Waals surface area contributed by atoms with E-state index in [1.807, 2.05) is 12.3 Å². The van der Waals surface area contributed by atoms with Gasteiger partial charge in [-0.25, -0.2) is 0 Å². The first-order valence-electron chi connectivity index (χ1n) is 6.58. The highest BCUT2D eigenvalue weighted by Crippen LogP contribution is 2.02. The molecule has 0 saturated heterocycles. The van der Waals surface area contributed by atoms with E-state index < -0.39 is 0 Å². The standard InChI is InChI=1S/C14H24N2O2/c1-3-7-15-10-13-5-6-14(16-11-13)12-18-9-4-8-17-2/h5-6,11,15H,3-4,7-10,12H2,1-2H3. The minimum Gasteiger partial charge on any atom is -0.385 e. The zero-order chi connectivity index (χ0) is 13.1. The van der Waals surface area contributed by atoms with Crippen molar-refractivity contribution in [2.75, 3.05) is 26.9 Å². The van der Waals surface area contributed by atoms with Crippen LogP contribution in [0.25, 0.3) is 0 Å². The number of aromatic nitrogens is 1. The van der Waals surface area contributed by atoms with Gasteiger partial charge in [-0.3, -0.25) is 4.98 Å². The summed E-state index contributed by atoms with van der Waals surface area (Å²) in [5.74, 6) is 0. The maximum atomic E-state index is 5.50. The predicted octanol–water partition coefficient (Wildman–Crippen LogP) is 2.13. The maximum absolute atomic E-state index is 5.50. The molecular formula is C14H24N2O2. The molecule has 0 aromatic carbocycles. The van der Waals surface area contributed by atoms with Gasteiger partial charge in [-0.05, 0) is 31.0 Å². The number of pyridine rings is 1. The smallest absolute Gasteiger partial charge is 0.0887 e. The van der Waals surface area contributed by atoms with E-state index in [2.05, 4.69) is 23.3 Å². The summed E-state index contributed by atoms with van der Waals surface area (Å²) in [6.45, 7) is 6.13. The second-order valence-corrected chi connectivity index (χ2v) is 4.23. The van der Waals surface area contributed by atoms with Crippen LogP contribution in [-0.2, 0) is 22.6 Å². The van der Waals surface area contributed by atoms with Crippen molar-refractivity contribution in [3.8, 4) is 0 Å². The normalized spacial score (nSPS) is 10.8. The highest BCUT2D eigenvalue weighted by molar-refractivity contribution is 5.13. The molecule has 18 heavy (non-hydrogen) atoms. The van der Waals surface area contributed by atoms with Gasteiger partial charge in [0, 0.05) is 33.1 Å². The molecule has 0 amide bonds. The molecule has 0 spiro atoms. The predicted molar refractivity (Wildman–Crippen MR) is 72.4 cm³/mol. The summed E-state index contributed by atoms with van der Waals surface area (Å²) >= 11 is 0. The fourth-order valence-electron chi connectivity index (χ4n) is 1.54. The molecule has 0 aliphatic carbocycles. The van der Waals surface area contributed by atoms with E-state index in [-0.39, 0.29) is 0 Å². The maximum Gasteiger partial charge on any atom is 0.0887 e. The Morgan fingerprint density at radius 2 is 2.17 bits per heavy atom. The number of hydrogen-bond acceptors (Lipinski definition) is 4. The SMILES string of the molecule is CCCNCc1ccc(COCCCOC)nc1. The fourth-order valence-corrected chi connectivity index (χ4v) is 1.54. The summed E-state index contributed by atoms with van der Waals surface area (Å²) in [6, 6.07) is 4.13. The molecule has 4 heteroatoms. The largest absolute Gasteiger partial charge is 0.385 e. The molecule has 1 aromatic heterocycles. The third-order valence-corrected chi connectivity index (χ3v) is 2.53. The third-order valence-electron chi connectivity index (χ3n) is 2.53. The number of methoxy groups -OCH3 is 1. The Morgan fingerprint density at radius 3 is 2.83 bits per heavy atom. The van der Waals surface area contributed by atoms with Crippen molar-refractivity contribution < 1.29 is 9.47 Å². The van der Waals surface area contributed by atoms with Crippen LogP contribution in [0.15, 0.2) is 18.3 Å². The zero-order valence-electron chi connectivity index (χ0n) is 11.4. The number of hydrogen-bond donors (Lipinski definition) is 1. The number of nitrogens with one attached hydrogen (secondary N) is 1. The van der Waals surface area contributed by atoms with E-state index in [0.29, 0.717) is 6.61 Å². The highest BCUT2D eigenvalue weighted by Gasteiger charge is 1.97. The van der Waals surface area contributed by atoms with Crippen LogP contribution in [0.2, 0.25) is 0 Å². The molecule has 1 aromatic rings. The van der Waals surface area contributed by atoms with Crippen molar-refractivity contribution >= 4 is 0 Å². The van der Waals surface area contributed by atoms with Crippen LogP contribution in [0.4, 0.5) is 0 Å². The van der Waals surface area contributed by atoms with Crippen LogP contribution in [0, 0.1) is 0 Å². The number of nitrogens with zero attached hydrogens (tertiary/aromatic N) is 1. The molecule has 1 N–H and O–H groups in total. The van der Waals surface area contributed by atoms with Crippen molar-refractivity contribution in [1.82, 2.24) is 10.3 Å². The molecule has 0 radical (unpaired) electrons. The Kier molecular flexibility index (Phi) is 8.38. The number of ether oxygens (including phenoxy) is 2. The molecule has 0 fully saturated rings. The molecule has 0 aliphatic rings. The van der Waals surface area contributed by atoms with E-state index in [9.17, 15) is 0 Å². The molecule has 0 unspecified atom stereocenters. The molecule has 0 aliphatic heterocycles. The average Bonchev–Trinajstić information content (AvgIpc) is 2.40. The Labute approximate surface area is 110 Å². The lowest BCUT2D eigenvalue weighted by Crippen LogP contribution is -2.14. The van der Waals surface area contributed by atoms with Gasteiger partial charge in [0.2, 0.25) is 0 Å². The molecular weight excluding hydrogens is 228 g/mol. The van der Waals surface area contributed by atoms with Gasteiger partial charge < -0.3 is 14.8 Å². The van der Waals surface area contributed by atoms with Crippen LogP contribution in [0.1, 0.15) is 31.0 Å². The van der Waals surface area contributed by atoms with Crippen LogP contribution < -0.4 is 5.32 Å². The van der Waals surface area contributed by atoms with Crippen molar-refractivity contribution in [3.05, 3.63) is 29.6 Å². The first kappa shape index (κ1) is 15.1. The van der Waals surface area contributed by atoms with Gasteiger partial charge >= 0.3 is 0 Å². The summed E-state index contributed by atoms with van der Waals surface area (Å²) in [6.07, 6.45) is 3.99. The third kappa shape index (κ3) is 6.69. The van der Waals surface area contributed by atoms with Crippen molar-refractivity contribution in [3.63, 3.8) is 0 Å². The molecule has 1 heterocycles. The van der Waals surface area contributed by atoms with Crippen molar-refractivity contribution in [1.29, 1.82) is 0 Å². The molecule has 0 bridgehead atoms. The highest BCUT2D eigenvalue weighted by atomic mass is 16.5. The van der Waals surface area contributed by atoms with E-state index in [4.69, 9.17) is 9.47 Å². The van der Waals surface area contributed by atoms with Gasteiger partial charge in [-0.15, -0.1) is 0 Å². The second kappa shape index (κ2) is 10.00. The second-order valence-electron chi connectivity index (χ2n) is 4.23. The first-order chi connectivity index (χ1) is 8.86.